The summed E-state index contributed by atoms with van der Waals surface area (Å²) in [5, 5.41) is 5.44. The molecule has 2 N–H and O–H groups in total. The average Bonchev–Trinajstić information content (AvgIpc) is 2.80. The van der Waals surface area contributed by atoms with E-state index in [9.17, 15) is 18.4 Å². The summed E-state index contributed by atoms with van der Waals surface area (Å²) in [6, 6.07) is 17.3. The standard InChI is InChI=1S/C24H23F2N3O3/c1-32-22-13-9-20(10-14-22)28-24(31)27-15-2-16-29(21-11-7-19(26)8-12-21)23(30)17-3-5-18(25)6-4-17/h3-14H,2,15-16H2,1H3,(H2,27,28,31). The highest BCUT2D eigenvalue weighted by atomic mass is 19.1. The Bertz CT molecular complexity index is 1040. The molecular weight excluding hydrogens is 416 g/mol. The normalized spacial score (nSPS) is 10.3. The Morgan fingerprint density at radius 3 is 2.06 bits per heavy atom. The van der Waals surface area contributed by atoms with Gasteiger partial charge < -0.3 is 20.3 Å². The summed E-state index contributed by atoms with van der Waals surface area (Å²) in [6.07, 6.45) is 0.445. The Balaban J connectivity index is 1.58. The van der Waals surface area contributed by atoms with Crippen LogP contribution < -0.4 is 20.3 Å². The lowest BCUT2D eigenvalue weighted by molar-refractivity contribution is 0.0986. The van der Waals surface area contributed by atoms with Gasteiger partial charge in [0.25, 0.3) is 5.91 Å². The Morgan fingerprint density at radius 1 is 0.875 bits per heavy atom. The van der Waals surface area contributed by atoms with Gasteiger partial charge in [-0.15, -0.1) is 0 Å². The van der Waals surface area contributed by atoms with Crippen molar-refractivity contribution in [3.63, 3.8) is 0 Å². The van der Waals surface area contributed by atoms with E-state index in [1.54, 1.807) is 31.4 Å². The molecule has 3 aromatic carbocycles. The highest BCUT2D eigenvalue weighted by Crippen LogP contribution is 2.19. The van der Waals surface area contributed by atoms with Gasteiger partial charge in [0.1, 0.15) is 17.4 Å². The van der Waals surface area contributed by atoms with Crippen LogP contribution >= 0.6 is 0 Å². The van der Waals surface area contributed by atoms with Crippen LogP contribution in [0.2, 0.25) is 0 Å². The number of carbonyl (C=O) groups is 2. The van der Waals surface area contributed by atoms with E-state index in [4.69, 9.17) is 4.74 Å². The van der Waals surface area contributed by atoms with E-state index >= 15 is 0 Å². The number of carbonyl (C=O) groups excluding carboxylic acids is 2. The Kier molecular flexibility index (Phi) is 7.75. The van der Waals surface area contributed by atoms with Crippen molar-refractivity contribution in [3.05, 3.63) is 90.0 Å². The van der Waals surface area contributed by atoms with Gasteiger partial charge >= 0.3 is 6.03 Å². The van der Waals surface area contributed by atoms with Crippen molar-refractivity contribution in [2.24, 2.45) is 0 Å². The minimum absolute atomic E-state index is 0.269. The maximum atomic E-state index is 13.3. The highest BCUT2D eigenvalue weighted by molar-refractivity contribution is 6.06. The number of urea groups is 1. The number of benzene rings is 3. The zero-order chi connectivity index (χ0) is 22.9. The molecule has 0 aliphatic heterocycles. The first kappa shape index (κ1) is 22.7. The van der Waals surface area contributed by atoms with Crippen LogP contribution in [0.5, 0.6) is 5.75 Å². The quantitative estimate of drug-likeness (QED) is 0.494. The number of anilines is 2. The lowest BCUT2D eigenvalue weighted by Crippen LogP contribution is -2.35. The van der Waals surface area contributed by atoms with Crippen LogP contribution in [-0.4, -0.2) is 32.1 Å². The molecule has 6 nitrogen and oxygen atoms in total. The number of methoxy groups -OCH3 is 1. The van der Waals surface area contributed by atoms with Crippen molar-refractivity contribution in [2.45, 2.75) is 6.42 Å². The minimum Gasteiger partial charge on any atom is -0.497 e. The lowest BCUT2D eigenvalue weighted by Gasteiger charge is -2.23. The monoisotopic (exact) mass is 439 g/mol. The molecular formula is C24H23F2N3O3. The third kappa shape index (κ3) is 6.28. The summed E-state index contributed by atoms with van der Waals surface area (Å²) in [5.41, 5.74) is 1.42. The molecule has 3 amide bonds. The van der Waals surface area contributed by atoms with E-state index in [0.29, 0.717) is 35.7 Å². The predicted molar refractivity (Wildman–Crippen MR) is 119 cm³/mol. The number of hydrogen-bond donors (Lipinski definition) is 2. The van der Waals surface area contributed by atoms with E-state index in [2.05, 4.69) is 10.6 Å². The molecule has 0 atom stereocenters. The van der Waals surface area contributed by atoms with Gasteiger partial charge in [0.05, 0.1) is 7.11 Å². The maximum Gasteiger partial charge on any atom is 0.319 e. The number of ether oxygens (including phenoxy) is 1. The molecule has 8 heteroatoms. The number of nitrogens with one attached hydrogen (secondary N) is 2. The van der Waals surface area contributed by atoms with Crippen LogP contribution in [0.25, 0.3) is 0 Å². The summed E-state index contributed by atoms with van der Waals surface area (Å²) in [7, 11) is 1.56. The second-order valence-corrected chi connectivity index (χ2v) is 6.90. The third-order valence-electron chi connectivity index (χ3n) is 4.67. The molecule has 0 aromatic heterocycles. The molecule has 0 saturated heterocycles. The zero-order valence-corrected chi connectivity index (χ0v) is 17.5. The molecule has 0 radical (unpaired) electrons. The Morgan fingerprint density at radius 2 is 1.47 bits per heavy atom. The smallest absolute Gasteiger partial charge is 0.319 e. The van der Waals surface area contributed by atoms with Gasteiger partial charge in [-0.25, -0.2) is 13.6 Å². The second kappa shape index (κ2) is 10.9. The van der Waals surface area contributed by atoms with Gasteiger partial charge in [0, 0.05) is 30.0 Å². The van der Waals surface area contributed by atoms with Crippen molar-refractivity contribution < 1.29 is 23.1 Å². The van der Waals surface area contributed by atoms with E-state index in [1.165, 1.54) is 53.4 Å². The van der Waals surface area contributed by atoms with Gasteiger partial charge in [-0.3, -0.25) is 4.79 Å². The number of hydrogen-bond acceptors (Lipinski definition) is 3. The van der Waals surface area contributed by atoms with E-state index in [1.807, 2.05) is 0 Å². The van der Waals surface area contributed by atoms with Crippen LogP contribution in [0.1, 0.15) is 16.8 Å². The van der Waals surface area contributed by atoms with Gasteiger partial charge in [-0.05, 0) is 79.2 Å². The Hall–Kier alpha value is -3.94. The van der Waals surface area contributed by atoms with Crippen molar-refractivity contribution in [1.82, 2.24) is 5.32 Å². The van der Waals surface area contributed by atoms with E-state index in [-0.39, 0.29) is 18.5 Å². The zero-order valence-electron chi connectivity index (χ0n) is 17.5. The fourth-order valence-electron chi connectivity index (χ4n) is 3.01. The van der Waals surface area contributed by atoms with Crippen LogP contribution in [0.3, 0.4) is 0 Å². The average molecular weight is 439 g/mol. The molecule has 0 bridgehead atoms. The van der Waals surface area contributed by atoms with E-state index in [0.717, 1.165) is 0 Å². The first-order chi connectivity index (χ1) is 15.5. The molecule has 0 spiro atoms. The van der Waals surface area contributed by atoms with Crippen LogP contribution in [0, 0.1) is 11.6 Å². The molecule has 0 fully saturated rings. The van der Waals surface area contributed by atoms with Gasteiger partial charge in [-0.1, -0.05) is 0 Å². The van der Waals surface area contributed by atoms with Crippen LogP contribution in [0.15, 0.2) is 72.8 Å². The van der Waals surface area contributed by atoms with Crippen molar-refractivity contribution >= 4 is 23.3 Å². The lowest BCUT2D eigenvalue weighted by atomic mass is 10.1. The fourth-order valence-corrected chi connectivity index (χ4v) is 3.01. The predicted octanol–water partition coefficient (Wildman–Crippen LogP) is 4.83. The molecule has 3 aromatic rings. The molecule has 3 rings (SSSR count). The maximum absolute atomic E-state index is 13.3. The molecule has 0 saturated carbocycles. The molecule has 32 heavy (non-hydrogen) atoms. The fraction of sp³-hybridized carbons (Fsp3) is 0.167. The molecule has 0 aliphatic rings. The molecule has 0 heterocycles. The molecule has 0 unspecified atom stereocenters. The summed E-state index contributed by atoms with van der Waals surface area (Å²) in [5.74, 6) is -0.524. The Labute approximate surface area is 184 Å². The number of amides is 3. The van der Waals surface area contributed by atoms with E-state index < -0.39 is 11.6 Å². The number of nitrogens with zero attached hydrogens (tertiary/aromatic N) is 1. The number of rotatable bonds is 8. The topological polar surface area (TPSA) is 70.7 Å². The molecule has 166 valence electrons. The van der Waals surface area contributed by atoms with Gasteiger partial charge in [0.2, 0.25) is 0 Å². The second-order valence-electron chi connectivity index (χ2n) is 6.90. The summed E-state index contributed by atoms with van der Waals surface area (Å²) in [6.45, 7) is 0.570. The summed E-state index contributed by atoms with van der Waals surface area (Å²) in [4.78, 5) is 26.5. The largest absolute Gasteiger partial charge is 0.497 e. The molecule has 0 aliphatic carbocycles. The summed E-state index contributed by atoms with van der Waals surface area (Å²) < 4.78 is 31.6. The van der Waals surface area contributed by atoms with Gasteiger partial charge in [0.15, 0.2) is 0 Å². The first-order valence-electron chi connectivity index (χ1n) is 9.98. The minimum atomic E-state index is -0.443. The van der Waals surface area contributed by atoms with Crippen molar-refractivity contribution in [1.29, 1.82) is 0 Å². The number of halogens is 2. The first-order valence-corrected chi connectivity index (χ1v) is 9.98. The third-order valence-corrected chi connectivity index (χ3v) is 4.67. The van der Waals surface area contributed by atoms with Crippen molar-refractivity contribution in [2.75, 3.05) is 30.4 Å². The highest BCUT2D eigenvalue weighted by Gasteiger charge is 2.18. The van der Waals surface area contributed by atoms with Crippen LogP contribution in [0.4, 0.5) is 25.0 Å². The van der Waals surface area contributed by atoms with Crippen molar-refractivity contribution in [3.8, 4) is 5.75 Å². The summed E-state index contributed by atoms with van der Waals surface area (Å²) >= 11 is 0. The van der Waals surface area contributed by atoms with Crippen LogP contribution in [-0.2, 0) is 0 Å². The van der Waals surface area contributed by atoms with Gasteiger partial charge in [-0.2, -0.15) is 0 Å². The SMILES string of the molecule is COc1ccc(NC(=O)NCCCN(C(=O)c2ccc(F)cc2)c2ccc(F)cc2)cc1.